The van der Waals surface area contributed by atoms with Crippen LogP contribution in [-0.2, 0) is 4.79 Å². The highest BCUT2D eigenvalue weighted by atomic mass is 79.9. The number of rotatable bonds is 1. The lowest BCUT2D eigenvalue weighted by atomic mass is 10.3. The third kappa shape index (κ3) is 2.92. The van der Waals surface area contributed by atoms with Gasteiger partial charge in [0, 0.05) is 4.47 Å². The second-order valence-electron chi connectivity index (χ2n) is 2.31. The molecule has 1 N–H and O–H groups in total. The molecule has 0 aliphatic carbocycles. The van der Waals surface area contributed by atoms with E-state index in [1.54, 1.807) is 13.0 Å². The van der Waals surface area contributed by atoms with Crippen molar-refractivity contribution in [2.24, 2.45) is 0 Å². The molecule has 1 aromatic carbocycles. The van der Waals surface area contributed by atoms with Gasteiger partial charge in [-0.05, 0) is 40.9 Å². The molecule has 66 valence electrons. The smallest absolute Gasteiger partial charge is 0.300 e. The van der Waals surface area contributed by atoms with Gasteiger partial charge >= 0.3 is 0 Å². The molecule has 0 unspecified atom stereocenters. The second kappa shape index (κ2) is 4.68. The summed E-state index contributed by atoms with van der Waals surface area (Å²) in [6.07, 6.45) is 0. The molecule has 0 aliphatic heterocycles. The molecule has 0 saturated carbocycles. The summed E-state index contributed by atoms with van der Waals surface area (Å²) in [5.74, 6) is 4.63. The molecule has 0 heterocycles. The third-order valence-corrected chi connectivity index (χ3v) is 2.05. The van der Waals surface area contributed by atoms with Gasteiger partial charge in [-0.15, -0.1) is 0 Å². The number of hydrogen-bond acceptors (Lipinski definition) is 1. The number of benzene rings is 1. The van der Waals surface area contributed by atoms with Gasteiger partial charge in [-0.3, -0.25) is 4.79 Å². The lowest BCUT2D eigenvalue weighted by molar-refractivity contribution is -0.111. The Kier molecular flexibility index (Phi) is 3.53. The van der Waals surface area contributed by atoms with Crippen molar-refractivity contribution < 1.29 is 4.79 Å². The Morgan fingerprint density at radius 2 is 2.15 bits per heavy atom. The molecular weight excluding hydrogens is 230 g/mol. The number of carbonyl (C=O) groups is 1. The molecule has 0 aliphatic rings. The minimum absolute atomic E-state index is 0.297. The SMILES string of the molecule is CC#CC(=O)Nc1ccccc1Br. The Hall–Kier alpha value is -1.27. The van der Waals surface area contributed by atoms with Crippen molar-refractivity contribution in [1.29, 1.82) is 0 Å². The van der Waals surface area contributed by atoms with Gasteiger partial charge in [-0.25, -0.2) is 0 Å². The highest BCUT2D eigenvalue weighted by Crippen LogP contribution is 2.20. The van der Waals surface area contributed by atoms with E-state index in [1.807, 2.05) is 18.2 Å². The fourth-order valence-electron chi connectivity index (χ4n) is 0.830. The predicted molar refractivity (Wildman–Crippen MR) is 56.2 cm³/mol. The van der Waals surface area contributed by atoms with E-state index < -0.39 is 0 Å². The number of hydrogen-bond donors (Lipinski definition) is 1. The number of halogens is 1. The van der Waals surface area contributed by atoms with Crippen LogP contribution in [-0.4, -0.2) is 5.91 Å². The zero-order chi connectivity index (χ0) is 9.68. The summed E-state index contributed by atoms with van der Waals surface area (Å²) in [5, 5.41) is 2.65. The quantitative estimate of drug-likeness (QED) is 0.748. The Morgan fingerprint density at radius 3 is 2.77 bits per heavy atom. The summed E-state index contributed by atoms with van der Waals surface area (Å²) in [6.45, 7) is 1.62. The van der Waals surface area contributed by atoms with Gasteiger partial charge in [0.25, 0.3) is 5.91 Å². The second-order valence-corrected chi connectivity index (χ2v) is 3.16. The van der Waals surface area contributed by atoms with E-state index in [0.29, 0.717) is 0 Å². The summed E-state index contributed by atoms with van der Waals surface area (Å²) >= 11 is 3.31. The van der Waals surface area contributed by atoms with Crippen LogP contribution >= 0.6 is 15.9 Å². The first-order valence-corrected chi connectivity index (χ1v) is 4.51. The maximum Gasteiger partial charge on any atom is 0.300 e. The van der Waals surface area contributed by atoms with E-state index in [2.05, 4.69) is 33.1 Å². The monoisotopic (exact) mass is 237 g/mol. The van der Waals surface area contributed by atoms with E-state index in [1.165, 1.54) is 0 Å². The first-order valence-electron chi connectivity index (χ1n) is 3.72. The van der Waals surface area contributed by atoms with Gasteiger partial charge in [0.05, 0.1) is 5.69 Å². The number of anilines is 1. The number of amides is 1. The van der Waals surface area contributed by atoms with Crippen molar-refractivity contribution in [3.05, 3.63) is 28.7 Å². The standard InChI is InChI=1S/C10H8BrNO/c1-2-5-10(13)12-9-7-4-3-6-8(9)11/h3-4,6-7H,1H3,(H,12,13). The molecule has 0 radical (unpaired) electrons. The zero-order valence-corrected chi connectivity index (χ0v) is 8.68. The highest BCUT2D eigenvalue weighted by Gasteiger charge is 2.00. The molecule has 1 amide bonds. The van der Waals surface area contributed by atoms with Crippen molar-refractivity contribution in [1.82, 2.24) is 0 Å². The maximum atomic E-state index is 11.1. The van der Waals surface area contributed by atoms with Crippen LogP contribution in [0.25, 0.3) is 0 Å². The van der Waals surface area contributed by atoms with Crippen LogP contribution in [0.1, 0.15) is 6.92 Å². The summed E-state index contributed by atoms with van der Waals surface area (Å²) in [4.78, 5) is 11.1. The number of nitrogens with one attached hydrogen (secondary N) is 1. The topological polar surface area (TPSA) is 29.1 Å². The highest BCUT2D eigenvalue weighted by molar-refractivity contribution is 9.10. The largest absolute Gasteiger partial charge is 0.314 e. The Morgan fingerprint density at radius 1 is 1.46 bits per heavy atom. The summed E-state index contributed by atoms with van der Waals surface area (Å²) in [5.41, 5.74) is 0.732. The average Bonchev–Trinajstić information content (AvgIpc) is 2.09. The molecule has 1 rings (SSSR count). The van der Waals surface area contributed by atoms with Gasteiger partial charge < -0.3 is 5.32 Å². The molecule has 0 aromatic heterocycles. The van der Waals surface area contributed by atoms with Crippen molar-refractivity contribution in [2.45, 2.75) is 6.92 Å². The van der Waals surface area contributed by atoms with E-state index in [9.17, 15) is 4.79 Å². The molecule has 13 heavy (non-hydrogen) atoms. The molecule has 0 atom stereocenters. The zero-order valence-electron chi connectivity index (χ0n) is 7.10. The number of carbonyl (C=O) groups excluding carboxylic acids is 1. The molecule has 1 aromatic rings. The van der Waals surface area contributed by atoms with Crippen LogP contribution in [0.5, 0.6) is 0 Å². The number of para-hydroxylation sites is 1. The van der Waals surface area contributed by atoms with E-state index >= 15 is 0 Å². The summed E-state index contributed by atoms with van der Waals surface area (Å²) in [7, 11) is 0. The summed E-state index contributed by atoms with van der Waals surface area (Å²) < 4.78 is 0.848. The third-order valence-electron chi connectivity index (χ3n) is 1.36. The molecule has 2 nitrogen and oxygen atoms in total. The first kappa shape index (κ1) is 9.82. The van der Waals surface area contributed by atoms with Gasteiger partial charge in [-0.2, -0.15) is 0 Å². The van der Waals surface area contributed by atoms with Crippen LogP contribution in [0.2, 0.25) is 0 Å². The van der Waals surface area contributed by atoms with Crippen LogP contribution in [0.4, 0.5) is 5.69 Å². The van der Waals surface area contributed by atoms with Crippen molar-refractivity contribution in [3.63, 3.8) is 0 Å². The predicted octanol–water partition coefficient (Wildman–Crippen LogP) is 2.41. The molecule has 3 heteroatoms. The Labute approximate surface area is 85.5 Å². The van der Waals surface area contributed by atoms with Gasteiger partial charge in [0.15, 0.2) is 0 Å². The van der Waals surface area contributed by atoms with Crippen LogP contribution in [0, 0.1) is 11.8 Å². The lowest BCUT2D eigenvalue weighted by Crippen LogP contribution is -2.08. The van der Waals surface area contributed by atoms with Gasteiger partial charge in [-0.1, -0.05) is 18.1 Å². The normalized spacial score (nSPS) is 8.46. The van der Waals surface area contributed by atoms with Gasteiger partial charge in [0.2, 0.25) is 0 Å². The van der Waals surface area contributed by atoms with Crippen LogP contribution < -0.4 is 5.32 Å². The molecule has 0 fully saturated rings. The molecule has 0 bridgehead atoms. The van der Waals surface area contributed by atoms with Crippen molar-refractivity contribution in [2.75, 3.05) is 5.32 Å². The average molecular weight is 238 g/mol. The molecular formula is C10H8BrNO. The Bertz CT molecular complexity index is 376. The van der Waals surface area contributed by atoms with Crippen molar-refractivity contribution >= 4 is 27.5 Å². The van der Waals surface area contributed by atoms with E-state index in [4.69, 9.17) is 0 Å². The van der Waals surface area contributed by atoms with Crippen molar-refractivity contribution in [3.8, 4) is 11.8 Å². The minimum atomic E-state index is -0.297. The van der Waals surface area contributed by atoms with Crippen LogP contribution in [0.3, 0.4) is 0 Å². The molecule has 0 spiro atoms. The lowest BCUT2D eigenvalue weighted by Gasteiger charge is -2.02. The Balaban J connectivity index is 2.78. The fourth-order valence-corrected chi connectivity index (χ4v) is 1.21. The molecule has 0 saturated heterocycles. The maximum absolute atomic E-state index is 11.1. The minimum Gasteiger partial charge on any atom is -0.314 e. The van der Waals surface area contributed by atoms with Gasteiger partial charge in [0.1, 0.15) is 0 Å². The first-order chi connectivity index (χ1) is 6.24. The summed E-state index contributed by atoms with van der Waals surface area (Å²) in [6, 6.07) is 7.39. The van der Waals surface area contributed by atoms with E-state index in [0.717, 1.165) is 10.2 Å². The van der Waals surface area contributed by atoms with Crippen LogP contribution in [0.15, 0.2) is 28.7 Å². The van der Waals surface area contributed by atoms with E-state index in [-0.39, 0.29) is 5.91 Å². The fraction of sp³-hybridized carbons (Fsp3) is 0.100.